The van der Waals surface area contributed by atoms with Crippen molar-refractivity contribution in [1.29, 1.82) is 0 Å². The molecule has 98 valence electrons. The molecule has 1 aromatic heterocycles. The van der Waals surface area contributed by atoms with E-state index in [0.717, 1.165) is 22.7 Å². The van der Waals surface area contributed by atoms with Gasteiger partial charge in [0.05, 0.1) is 11.9 Å². The van der Waals surface area contributed by atoms with Crippen LogP contribution >= 0.6 is 11.6 Å². The molecule has 1 unspecified atom stereocenters. The summed E-state index contributed by atoms with van der Waals surface area (Å²) in [7, 11) is 0. The van der Waals surface area contributed by atoms with Crippen molar-refractivity contribution in [2.45, 2.75) is 13.0 Å². The molecule has 0 fully saturated rings. The fourth-order valence-corrected chi connectivity index (χ4v) is 2.09. The molecule has 1 N–H and O–H groups in total. The molecular formula is C14H13ClN2O2. The van der Waals surface area contributed by atoms with Crippen LogP contribution < -0.4 is 14.8 Å². The van der Waals surface area contributed by atoms with E-state index in [0.29, 0.717) is 11.9 Å². The van der Waals surface area contributed by atoms with Crippen molar-refractivity contribution in [3.63, 3.8) is 0 Å². The molecule has 0 bridgehead atoms. The minimum Gasteiger partial charge on any atom is -0.454 e. The van der Waals surface area contributed by atoms with Crippen molar-refractivity contribution < 1.29 is 9.47 Å². The van der Waals surface area contributed by atoms with Crippen LogP contribution in [0.1, 0.15) is 18.5 Å². The highest BCUT2D eigenvalue weighted by atomic mass is 35.5. The van der Waals surface area contributed by atoms with Gasteiger partial charge in [-0.25, -0.2) is 4.98 Å². The van der Waals surface area contributed by atoms with E-state index in [4.69, 9.17) is 21.1 Å². The van der Waals surface area contributed by atoms with Gasteiger partial charge in [-0.1, -0.05) is 17.7 Å². The van der Waals surface area contributed by atoms with Crippen LogP contribution in [0.5, 0.6) is 11.5 Å². The fourth-order valence-electron chi connectivity index (χ4n) is 1.98. The average molecular weight is 277 g/mol. The maximum atomic E-state index is 5.76. The number of ether oxygens (including phenoxy) is 2. The minimum atomic E-state index is 0.137. The Morgan fingerprint density at radius 2 is 2.05 bits per heavy atom. The number of nitrogens with one attached hydrogen (secondary N) is 1. The smallest absolute Gasteiger partial charge is 0.231 e. The number of halogens is 1. The van der Waals surface area contributed by atoms with Crippen LogP contribution in [0.15, 0.2) is 36.5 Å². The summed E-state index contributed by atoms with van der Waals surface area (Å²) in [5, 5.41) is 3.85. The first-order chi connectivity index (χ1) is 9.22. The first kappa shape index (κ1) is 12.1. The summed E-state index contributed by atoms with van der Waals surface area (Å²) < 4.78 is 10.7. The molecule has 3 rings (SSSR count). The lowest BCUT2D eigenvalue weighted by Crippen LogP contribution is -2.06. The van der Waals surface area contributed by atoms with Gasteiger partial charge in [-0.3, -0.25) is 0 Å². The Balaban J connectivity index is 1.76. The molecule has 0 spiro atoms. The minimum absolute atomic E-state index is 0.137. The maximum absolute atomic E-state index is 5.76. The van der Waals surface area contributed by atoms with E-state index in [-0.39, 0.29) is 6.04 Å². The molecule has 0 aliphatic carbocycles. The fraction of sp³-hybridized carbons (Fsp3) is 0.214. The Hall–Kier alpha value is -1.94. The largest absolute Gasteiger partial charge is 0.454 e. The van der Waals surface area contributed by atoms with Crippen LogP contribution in [-0.2, 0) is 0 Å². The van der Waals surface area contributed by atoms with Gasteiger partial charge in [0.2, 0.25) is 6.79 Å². The summed E-state index contributed by atoms with van der Waals surface area (Å²) in [5.74, 6) is 1.59. The zero-order valence-corrected chi connectivity index (χ0v) is 11.1. The molecule has 0 amide bonds. The number of nitrogens with zero attached hydrogens (tertiary/aromatic N) is 1. The Morgan fingerprint density at radius 1 is 1.21 bits per heavy atom. The Morgan fingerprint density at radius 3 is 2.84 bits per heavy atom. The predicted octanol–water partition coefficient (Wildman–Crippen LogP) is 3.64. The second-order valence-corrected chi connectivity index (χ2v) is 4.74. The van der Waals surface area contributed by atoms with Gasteiger partial charge < -0.3 is 14.8 Å². The number of fused-ring (bicyclic) bond motifs is 1. The van der Waals surface area contributed by atoms with Gasteiger partial charge >= 0.3 is 0 Å². The summed E-state index contributed by atoms with van der Waals surface area (Å²) in [5.41, 5.74) is 2.05. The maximum Gasteiger partial charge on any atom is 0.231 e. The number of aromatic nitrogens is 1. The quantitative estimate of drug-likeness (QED) is 0.869. The molecule has 0 radical (unpaired) electrons. The van der Waals surface area contributed by atoms with Crippen LogP contribution in [0.3, 0.4) is 0 Å². The van der Waals surface area contributed by atoms with E-state index < -0.39 is 0 Å². The molecule has 4 nitrogen and oxygen atoms in total. The van der Waals surface area contributed by atoms with Crippen LogP contribution in [0, 0.1) is 0 Å². The third kappa shape index (κ3) is 2.58. The molecule has 0 saturated carbocycles. The molecule has 19 heavy (non-hydrogen) atoms. The third-order valence-corrected chi connectivity index (χ3v) is 3.23. The van der Waals surface area contributed by atoms with Gasteiger partial charge in [0.1, 0.15) is 5.15 Å². The first-order valence-corrected chi connectivity index (χ1v) is 6.38. The lowest BCUT2D eigenvalue weighted by molar-refractivity contribution is 0.174. The highest BCUT2D eigenvalue weighted by Gasteiger charge is 2.15. The zero-order valence-electron chi connectivity index (χ0n) is 10.4. The van der Waals surface area contributed by atoms with Gasteiger partial charge in [0.25, 0.3) is 0 Å². The van der Waals surface area contributed by atoms with E-state index in [9.17, 15) is 0 Å². The highest BCUT2D eigenvalue weighted by Crippen LogP contribution is 2.34. The zero-order chi connectivity index (χ0) is 13.2. The lowest BCUT2D eigenvalue weighted by Gasteiger charge is -2.15. The van der Waals surface area contributed by atoms with Gasteiger partial charge in [0.15, 0.2) is 11.5 Å². The Bertz CT molecular complexity index is 586. The molecule has 2 heterocycles. The van der Waals surface area contributed by atoms with Crippen molar-refractivity contribution in [3.8, 4) is 11.5 Å². The SMILES string of the molecule is CC(Nc1ccc(Cl)nc1)c1ccc2c(c1)OCO2. The van der Waals surface area contributed by atoms with E-state index in [1.165, 1.54) is 0 Å². The van der Waals surface area contributed by atoms with E-state index in [2.05, 4.69) is 17.2 Å². The number of anilines is 1. The second-order valence-electron chi connectivity index (χ2n) is 4.35. The standard InChI is InChI=1S/C14H13ClN2O2/c1-9(17-11-3-5-14(15)16-7-11)10-2-4-12-13(6-10)19-8-18-12/h2-7,9,17H,8H2,1H3. The molecule has 5 heteroatoms. The summed E-state index contributed by atoms with van der Waals surface area (Å²) in [6.07, 6.45) is 1.71. The number of benzene rings is 1. The van der Waals surface area contributed by atoms with Gasteiger partial charge in [0, 0.05) is 6.04 Å². The summed E-state index contributed by atoms with van der Waals surface area (Å²) >= 11 is 5.76. The Labute approximate surface area is 116 Å². The molecule has 1 aliphatic heterocycles. The van der Waals surface area contributed by atoms with Gasteiger partial charge in [-0.15, -0.1) is 0 Å². The van der Waals surface area contributed by atoms with Crippen LogP contribution in [0.4, 0.5) is 5.69 Å². The number of pyridine rings is 1. The van der Waals surface area contributed by atoms with Crippen LogP contribution in [-0.4, -0.2) is 11.8 Å². The molecule has 0 saturated heterocycles. The van der Waals surface area contributed by atoms with Crippen LogP contribution in [0.2, 0.25) is 5.15 Å². The normalized spacial score (nSPS) is 14.2. The van der Waals surface area contributed by atoms with E-state index in [1.54, 1.807) is 12.3 Å². The lowest BCUT2D eigenvalue weighted by atomic mass is 10.1. The molecule has 1 aromatic carbocycles. The van der Waals surface area contributed by atoms with E-state index >= 15 is 0 Å². The number of rotatable bonds is 3. The molecular weight excluding hydrogens is 264 g/mol. The van der Waals surface area contributed by atoms with Gasteiger partial charge in [-0.05, 0) is 36.8 Å². The number of hydrogen-bond acceptors (Lipinski definition) is 4. The van der Waals surface area contributed by atoms with Crippen molar-refractivity contribution in [2.75, 3.05) is 12.1 Å². The van der Waals surface area contributed by atoms with Crippen molar-refractivity contribution in [1.82, 2.24) is 4.98 Å². The second kappa shape index (κ2) is 4.97. The van der Waals surface area contributed by atoms with Crippen molar-refractivity contribution in [2.24, 2.45) is 0 Å². The van der Waals surface area contributed by atoms with Crippen molar-refractivity contribution in [3.05, 3.63) is 47.2 Å². The number of hydrogen-bond donors (Lipinski definition) is 1. The van der Waals surface area contributed by atoms with E-state index in [1.807, 2.05) is 24.3 Å². The molecule has 1 atom stereocenters. The first-order valence-electron chi connectivity index (χ1n) is 6.00. The molecule has 1 aliphatic rings. The molecule has 2 aromatic rings. The highest BCUT2D eigenvalue weighted by molar-refractivity contribution is 6.29. The summed E-state index contributed by atoms with van der Waals surface area (Å²) in [6.45, 7) is 2.37. The monoisotopic (exact) mass is 276 g/mol. The average Bonchev–Trinajstić information content (AvgIpc) is 2.88. The topological polar surface area (TPSA) is 43.4 Å². The van der Waals surface area contributed by atoms with Crippen molar-refractivity contribution >= 4 is 17.3 Å². The third-order valence-electron chi connectivity index (χ3n) is 3.01. The summed E-state index contributed by atoms with van der Waals surface area (Å²) in [6, 6.07) is 9.74. The van der Waals surface area contributed by atoms with Gasteiger partial charge in [-0.2, -0.15) is 0 Å². The Kier molecular flexibility index (Phi) is 3.17. The van der Waals surface area contributed by atoms with Crippen LogP contribution in [0.25, 0.3) is 0 Å². The predicted molar refractivity (Wildman–Crippen MR) is 73.8 cm³/mol. The summed E-state index contributed by atoms with van der Waals surface area (Å²) in [4.78, 5) is 4.04.